The first kappa shape index (κ1) is 13.1. The molecule has 112 valence electrons. The highest BCUT2D eigenvalue weighted by Gasteiger charge is 2.29. The van der Waals surface area contributed by atoms with Gasteiger partial charge in [-0.05, 0) is 31.0 Å². The second-order valence-electron chi connectivity index (χ2n) is 5.83. The van der Waals surface area contributed by atoms with Gasteiger partial charge in [-0.1, -0.05) is 6.07 Å². The lowest BCUT2D eigenvalue weighted by Crippen LogP contribution is -2.15. The molecule has 1 N–H and O–H groups in total. The molecule has 0 bridgehead atoms. The zero-order valence-electron chi connectivity index (χ0n) is 12.6. The number of carbonyl (C=O) groups is 1. The molecule has 1 aliphatic carbocycles. The summed E-state index contributed by atoms with van der Waals surface area (Å²) in [6.07, 6.45) is 4.27. The van der Waals surface area contributed by atoms with Crippen LogP contribution in [-0.4, -0.2) is 25.2 Å². The van der Waals surface area contributed by atoms with Gasteiger partial charge in [0.15, 0.2) is 0 Å². The van der Waals surface area contributed by atoms with Crippen LogP contribution < -0.4 is 5.32 Å². The number of amides is 1. The molecular formula is C16H17N5O. The van der Waals surface area contributed by atoms with E-state index in [0.29, 0.717) is 17.4 Å². The first-order valence-corrected chi connectivity index (χ1v) is 7.40. The lowest BCUT2D eigenvalue weighted by Gasteiger charge is -2.07. The molecule has 6 heteroatoms. The molecule has 22 heavy (non-hydrogen) atoms. The summed E-state index contributed by atoms with van der Waals surface area (Å²) in [5, 5.41) is 12.1. The largest absolute Gasteiger partial charge is 0.351 e. The van der Waals surface area contributed by atoms with Crippen LogP contribution in [-0.2, 0) is 14.1 Å². The molecule has 0 saturated heterocycles. The van der Waals surface area contributed by atoms with Gasteiger partial charge in [-0.25, -0.2) is 0 Å². The molecule has 0 aliphatic heterocycles. The lowest BCUT2D eigenvalue weighted by atomic mass is 10.1. The van der Waals surface area contributed by atoms with Gasteiger partial charge in [0.05, 0.1) is 0 Å². The Labute approximate surface area is 127 Å². The van der Waals surface area contributed by atoms with Crippen LogP contribution in [0, 0.1) is 0 Å². The van der Waals surface area contributed by atoms with Crippen molar-refractivity contribution in [1.82, 2.24) is 19.3 Å². The van der Waals surface area contributed by atoms with Gasteiger partial charge in [0, 0.05) is 42.7 Å². The van der Waals surface area contributed by atoms with Crippen molar-refractivity contribution in [2.75, 3.05) is 5.32 Å². The Hall–Kier alpha value is -2.63. The maximum Gasteiger partial charge on any atom is 0.258 e. The van der Waals surface area contributed by atoms with Crippen LogP contribution >= 0.6 is 0 Å². The van der Waals surface area contributed by atoms with Crippen LogP contribution in [0.15, 0.2) is 30.5 Å². The van der Waals surface area contributed by atoms with Crippen molar-refractivity contribution < 1.29 is 4.79 Å². The Morgan fingerprint density at radius 1 is 1.23 bits per heavy atom. The number of benzene rings is 1. The van der Waals surface area contributed by atoms with Crippen molar-refractivity contribution in [1.29, 1.82) is 0 Å². The van der Waals surface area contributed by atoms with E-state index in [1.807, 2.05) is 53.7 Å². The summed E-state index contributed by atoms with van der Waals surface area (Å²) in [6.45, 7) is 0. The van der Waals surface area contributed by atoms with Crippen LogP contribution in [0.1, 0.15) is 34.9 Å². The van der Waals surface area contributed by atoms with E-state index in [4.69, 9.17) is 0 Å². The van der Waals surface area contributed by atoms with Gasteiger partial charge in [-0.3, -0.25) is 14.7 Å². The summed E-state index contributed by atoms with van der Waals surface area (Å²) >= 11 is 0. The molecular weight excluding hydrogens is 278 g/mol. The number of hydrogen-bond acceptors (Lipinski definition) is 3. The number of anilines is 1. The third-order valence-electron chi connectivity index (χ3n) is 4.25. The predicted molar refractivity (Wildman–Crippen MR) is 83.9 cm³/mol. The Bertz CT molecular complexity index is 872. The van der Waals surface area contributed by atoms with Crippen molar-refractivity contribution >= 4 is 22.8 Å². The van der Waals surface area contributed by atoms with Crippen LogP contribution in [0.4, 0.5) is 5.95 Å². The minimum Gasteiger partial charge on any atom is -0.351 e. The topological polar surface area (TPSA) is 64.7 Å². The third kappa shape index (κ3) is 1.99. The maximum absolute atomic E-state index is 12.6. The number of carbonyl (C=O) groups excluding carboxylic acids is 1. The second-order valence-corrected chi connectivity index (χ2v) is 5.83. The van der Waals surface area contributed by atoms with Crippen LogP contribution in [0.3, 0.4) is 0 Å². The number of rotatable bonds is 3. The summed E-state index contributed by atoms with van der Waals surface area (Å²) in [5.41, 5.74) is 1.68. The highest BCUT2D eigenvalue weighted by molar-refractivity contribution is 6.12. The number of hydrogen-bond donors (Lipinski definition) is 1. The predicted octanol–water partition coefficient (Wildman–Crippen LogP) is 2.44. The van der Waals surface area contributed by atoms with E-state index in [9.17, 15) is 4.79 Å². The zero-order valence-corrected chi connectivity index (χ0v) is 12.6. The van der Waals surface area contributed by atoms with Gasteiger partial charge in [0.1, 0.15) is 5.82 Å². The van der Waals surface area contributed by atoms with Crippen LogP contribution in [0.5, 0.6) is 0 Å². The van der Waals surface area contributed by atoms with Crippen molar-refractivity contribution in [3.63, 3.8) is 0 Å². The van der Waals surface area contributed by atoms with Gasteiger partial charge in [0.2, 0.25) is 5.95 Å². The molecule has 1 fully saturated rings. The van der Waals surface area contributed by atoms with Gasteiger partial charge in [-0.2, -0.15) is 0 Å². The normalized spacial score (nSPS) is 14.5. The number of aryl methyl sites for hydroxylation is 1. The Morgan fingerprint density at radius 2 is 2.05 bits per heavy atom. The minimum atomic E-state index is -0.158. The van der Waals surface area contributed by atoms with Gasteiger partial charge < -0.3 is 4.57 Å². The smallest absolute Gasteiger partial charge is 0.258 e. The van der Waals surface area contributed by atoms with E-state index < -0.39 is 0 Å². The average molecular weight is 295 g/mol. The monoisotopic (exact) mass is 295 g/mol. The molecule has 1 saturated carbocycles. The first-order chi connectivity index (χ1) is 10.6. The Balaban J connectivity index is 1.66. The fourth-order valence-corrected chi connectivity index (χ4v) is 2.82. The maximum atomic E-state index is 12.6. The summed E-state index contributed by atoms with van der Waals surface area (Å²) in [5.74, 6) is 1.79. The molecule has 1 amide bonds. The van der Waals surface area contributed by atoms with Crippen LogP contribution in [0.25, 0.3) is 10.9 Å². The summed E-state index contributed by atoms with van der Waals surface area (Å²) in [6, 6.07) is 7.68. The molecule has 0 atom stereocenters. The summed E-state index contributed by atoms with van der Waals surface area (Å²) < 4.78 is 3.88. The molecule has 2 heterocycles. The molecule has 4 rings (SSSR count). The summed E-state index contributed by atoms with van der Waals surface area (Å²) in [7, 11) is 3.86. The molecule has 3 aromatic rings. The van der Waals surface area contributed by atoms with Crippen molar-refractivity contribution in [2.24, 2.45) is 14.1 Å². The lowest BCUT2D eigenvalue weighted by molar-refractivity contribution is 0.102. The number of aromatic nitrogens is 4. The second kappa shape index (κ2) is 4.69. The molecule has 6 nitrogen and oxygen atoms in total. The SMILES string of the molecule is Cn1c(NC(=O)c2cccc3c2ccn3C)nnc1C1CC1. The van der Waals surface area contributed by atoms with E-state index in [1.54, 1.807) is 0 Å². The highest BCUT2D eigenvalue weighted by Crippen LogP contribution is 2.39. The zero-order chi connectivity index (χ0) is 15.3. The third-order valence-corrected chi connectivity index (χ3v) is 4.25. The number of fused-ring (bicyclic) bond motifs is 1. The van der Waals surface area contributed by atoms with E-state index in [0.717, 1.165) is 29.6 Å². The van der Waals surface area contributed by atoms with E-state index >= 15 is 0 Å². The highest BCUT2D eigenvalue weighted by atomic mass is 16.1. The van der Waals surface area contributed by atoms with Crippen LogP contribution in [0.2, 0.25) is 0 Å². The average Bonchev–Trinajstić information content (AvgIpc) is 3.20. The van der Waals surface area contributed by atoms with Crippen molar-refractivity contribution in [3.8, 4) is 0 Å². The van der Waals surface area contributed by atoms with Gasteiger partial charge >= 0.3 is 0 Å². The van der Waals surface area contributed by atoms with E-state index in [-0.39, 0.29) is 5.91 Å². The fourth-order valence-electron chi connectivity index (χ4n) is 2.82. The molecule has 2 aromatic heterocycles. The Morgan fingerprint density at radius 3 is 2.82 bits per heavy atom. The van der Waals surface area contributed by atoms with Gasteiger partial charge in [0.25, 0.3) is 5.91 Å². The minimum absolute atomic E-state index is 0.158. The quantitative estimate of drug-likeness (QED) is 0.807. The molecule has 1 aromatic carbocycles. The molecule has 0 unspecified atom stereocenters. The molecule has 0 radical (unpaired) electrons. The Kier molecular flexibility index (Phi) is 2.79. The van der Waals surface area contributed by atoms with E-state index in [1.165, 1.54) is 0 Å². The summed E-state index contributed by atoms with van der Waals surface area (Å²) in [4.78, 5) is 12.6. The fraction of sp³-hybridized carbons (Fsp3) is 0.312. The van der Waals surface area contributed by atoms with E-state index in [2.05, 4.69) is 15.5 Å². The standard InChI is InChI=1S/C16H17N5O/c1-20-9-8-11-12(4-3-5-13(11)20)15(22)17-16-19-18-14(21(16)2)10-6-7-10/h3-5,8-10H,6-7H2,1-2H3,(H,17,19,22). The molecule has 1 aliphatic rings. The first-order valence-electron chi connectivity index (χ1n) is 7.40. The number of nitrogens with zero attached hydrogens (tertiary/aromatic N) is 4. The molecule has 0 spiro atoms. The van der Waals surface area contributed by atoms with Crippen molar-refractivity contribution in [3.05, 3.63) is 41.9 Å². The number of nitrogens with one attached hydrogen (secondary N) is 1. The van der Waals surface area contributed by atoms with Crippen molar-refractivity contribution in [2.45, 2.75) is 18.8 Å². The van der Waals surface area contributed by atoms with Gasteiger partial charge in [-0.15, -0.1) is 10.2 Å².